The topological polar surface area (TPSA) is 58.4 Å². The molecule has 0 bridgehead atoms. The molecule has 1 aromatic heterocycles. The summed E-state index contributed by atoms with van der Waals surface area (Å²) in [5, 5.41) is 3.30. The summed E-state index contributed by atoms with van der Waals surface area (Å²) >= 11 is 0. The number of piperidine rings is 1. The van der Waals surface area contributed by atoms with Crippen LogP contribution < -0.4 is 5.32 Å². The molecule has 2 fully saturated rings. The monoisotopic (exact) mass is 381 g/mol. The first-order chi connectivity index (χ1) is 12.1. The number of hydrogen-bond donors (Lipinski definition) is 1. The molecule has 1 N–H and O–H groups in total. The average Bonchev–Trinajstić information content (AvgIpc) is 2.96. The van der Waals surface area contributed by atoms with E-state index in [2.05, 4.69) is 10.3 Å². The molecule has 0 spiro atoms. The fourth-order valence-electron chi connectivity index (χ4n) is 4.18. The lowest BCUT2D eigenvalue weighted by Gasteiger charge is -2.26. The summed E-state index contributed by atoms with van der Waals surface area (Å²) in [5.74, 6) is 0.865. The van der Waals surface area contributed by atoms with Gasteiger partial charge in [0.2, 0.25) is 11.8 Å². The van der Waals surface area contributed by atoms with Crippen LogP contribution in [0, 0.1) is 29.4 Å². The maximum atomic E-state index is 13.4. The Kier molecular flexibility index (Phi) is 4.23. The Labute approximate surface area is 155 Å². The van der Waals surface area contributed by atoms with Crippen molar-refractivity contribution in [3.05, 3.63) is 41.3 Å². The standard InChI is InChI=1S/C18H17F2N3O2.ClH/c19-10-3-9(4-11(20)5-10)17-22-14-8-23(2-1-15(14)25-17)18(24)16-12-6-21-7-13(12)16;/h3-5,12-13,16,21H,1-2,6-8H2;1H/t12-,13+,16?;. The second-order valence-electron chi connectivity index (χ2n) is 7.07. The van der Waals surface area contributed by atoms with Gasteiger partial charge in [0.15, 0.2) is 0 Å². The van der Waals surface area contributed by atoms with E-state index in [1.165, 1.54) is 12.1 Å². The Morgan fingerprint density at radius 1 is 1.19 bits per heavy atom. The van der Waals surface area contributed by atoms with Crippen molar-refractivity contribution in [3.63, 3.8) is 0 Å². The lowest BCUT2D eigenvalue weighted by Crippen LogP contribution is -2.38. The van der Waals surface area contributed by atoms with Crippen LogP contribution in [0.1, 0.15) is 11.5 Å². The summed E-state index contributed by atoms with van der Waals surface area (Å²) < 4.78 is 32.5. The van der Waals surface area contributed by atoms with E-state index in [4.69, 9.17) is 4.42 Å². The van der Waals surface area contributed by atoms with Crippen molar-refractivity contribution in [1.82, 2.24) is 15.2 Å². The number of benzene rings is 1. The maximum absolute atomic E-state index is 13.4. The molecule has 1 saturated carbocycles. The number of nitrogens with zero attached hydrogens (tertiary/aromatic N) is 2. The highest BCUT2D eigenvalue weighted by atomic mass is 35.5. The van der Waals surface area contributed by atoms with Gasteiger partial charge in [-0.3, -0.25) is 4.79 Å². The highest BCUT2D eigenvalue weighted by Gasteiger charge is 2.58. The van der Waals surface area contributed by atoms with E-state index >= 15 is 0 Å². The van der Waals surface area contributed by atoms with Crippen molar-refractivity contribution in [2.75, 3.05) is 19.6 Å². The van der Waals surface area contributed by atoms with E-state index in [1.54, 1.807) is 0 Å². The van der Waals surface area contributed by atoms with Crippen molar-refractivity contribution in [2.45, 2.75) is 13.0 Å². The first-order valence-electron chi connectivity index (χ1n) is 8.55. The summed E-state index contributed by atoms with van der Waals surface area (Å²) in [4.78, 5) is 18.9. The Morgan fingerprint density at radius 2 is 1.88 bits per heavy atom. The number of rotatable bonds is 2. The van der Waals surface area contributed by atoms with Gasteiger partial charge in [0, 0.05) is 30.5 Å². The van der Waals surface area contributed by atoms with E-state index in [0.717, 1.165) is 19.2 Å². The first-order valence-corrected chi connectivity index (χ1v) is 8.55. The van der Waals surface area contributed by atoms with Crippen LogP contribution in [0.2, 0.25) is 0 Å². The van der Waals surface area contributed by atoms with Gasteiger partial charge in [-0.25, -0.2) is 13.8 Å². The number of oxazole rings is 1. The Morgan fingerprint density at radius 3 is 2.58 bits per heavy atom. The molecule has 5 rings (SSSR count). The molecule has 2 aromatic rings. The summed E-state index contributed by atoms with van der Waals surface area (Å²) in [7, 11) is 0. The smallest absolute Gasteiger partial charge is 0.226 e. The average molecular weight is 382 g/mol. The lowest BCUT2D eigenvalue weighted by atomic mass is 10.1. The fourth-order valence-corrected chi connectivity index (χ4v) is 4.18. The predicted octanol–water partition coefficient (Wildman–Crippen LogP) is 2.39. The fraction of sp³-hybridized carbons (Fsp3) is 0.444. The number of aromatic nitrogens is 1. The number of hydrogen-bond acceptors (Lipinski definition) is 4. The number of nitrogens with one attached hydrogen (secondary N) is 1. The van der Waals surface area contributed by atoms with Crippen LogP contribution >= 0.6 is 12.4 Å². The van der Waals surface area contributed by atoms with Crippen molar-refractivity contribution < 1.29 is 18.0 Å². The van der Waals surface area contributed by atoms with Gasteiger partial charge in [-0.05, 0) is 37.1 Å². The zero-order chi connectivity index (χ0) is 17.1. The highest BCUT2D eigenvalue weighted by Crippen LogP contribution is 2.49. The van der Waals surface area contributed by atoms with Crippen molar-refractivity contribution in [1.29, 1.82) is 0 Å². The predicted molar refractivity (Wildman–Crippen MR) is 91.6 cm³/mol. The molecule has 1 amide bonds. The summed E-state index contributed by atoms with van der Waals surface area (Å²) in [6.07, 6.45) is 0.576. The van der Waals surface area contributed by atoms with Crippen molar-refractivity contribution >= 4 is 18.3 Å². The van der Waals surface area contributed by atoms with Crippen LogP contribution in [0.25, 0.3) is 11.5 Å². The zero-order valence-corrected chi connectivity index (χ0v) is 14.7. The van der Waals surface area contributed by atoms with Gasteiger partial charge in [-0.15, -0.1) is 12.4 Å². The van der Waals surface area contributed by atoms with Gasteiger partial charge < -0.3 is 14.6 Å². The zero-order valence-electron chi connectivity index (χ0n) is 13.9. The van der Waals surface area contributed by atoms with Crippen molar-refractivity contribution in [2.24, 2.45) is 17.8 Å². The van der Waals surface area contributed by atoms with Gasteiger partial charge >= 0.3 is 0 Å². The minimum absolute atomic E-state index is 0. The minimum atomic E-state index is -0.670. The molecule has 0 radical (unpaired) electrons. The molecule has 138 valence electrons. The summed E-state index contributed by atoms with van der Waals surface area (Å²) in [5.41, 5.74) is 0.954. The quantitative estimate of drug-likeness (QED) is 0.867. The second kappa shape index (κ2) is 6.32. The number of fused-ring (bicyclic) bond motifs is 2. The normalized spacial score (nSPS) is 26.1. The molecular formula is C18H18ClF2N3O2. The molecule has 1 aliphatic carbocycles. The SMILES string of the molecule is Cl.O=C(C1[C@H]2CNC[C@@H]12)N1CCc2oc(-c3cc(F)cc(F)c3)nc2C1. The largest absolute Gasteiger partial charge is 0.441 e. The van der Waals surface area contributed by atoms with Crippen LogP contribution in [0.3, 0.4) is 0 Å². The molecule has 1 aromatic carbocycles. The van der Waals surface area contributed by atoms with Gasteiger partial charge in [-0.2, -0.15) is 0 Å². The molecule has 8 heteroatoms. The summed E-state index contributed by atoms with van der Waals surface area (Å²) in [6, 6.07) is 3.21. The van der Waals surface area contributed by atoms with Gasteiger partial charge in [0.1, 0.15) is 23.1 Å². The third-order valence-electron chi connectivity index (χ3n) is 5.53. The molecule has 3 heterocycles. The first kappa shape index (κ1) is 17.4. The molecule has 2 aliphatic heterocycles. The third-order valence-corrected chi connectivity index (χ3v) is 5.53. The van der Waals surface area contributed by atoms with E-state index in [9.17, 15) is 13.6 Å². The van der Waals surface area contributed by atoms with Crippen LogP contribution in [0.5, 0.6) is 0 Å². The van der Waals surface area contributed by atoms with E-state index in [0.29, 0.717) is 42.8 Å². The molecule has 1 unspecified atom stereocenters. The van der Waals surface area contributed by atoms with Crippen LogP contribution in [-0.2, 0) is 17.8 Å². The second-order valence-corrected chi connectivity index (χ2v) is 7.07. The summed E-state index contributed by atoms with van der Waals surface area (Å²) in [6.45, 7) is 2.86. The van der Waals surface area contributed by atoms with Crippen molar-refractivity contribution in [3.8, 4) is 11.5 Å². The molecule has 1 saturated heterocycles. The molecule has 5 nitrogen and oxygen atoms in total. The number of halogens is 3. The Hall–Kier alpha value is -1.99. The van der Waals surface area contributed by atoms with E-state index in [1.807, 2.05) is 4.90 Å². The highest BCUT2D eigenvalue weighted by molar-refractivity contribution is 5.85. The molecular weight excluding hydrogens is 364 g/mol. The maximum Gasteiger partial charge on any atom is 0.226 e. The molecule has 3 atom stereocenters. The van der Waals surface area contributed by atoms with Gasteiger partial charge in [0.25, 0.3) is 0 Å². The van der Waals surface area contributed by atoms with E-state index in [-0.39, 0.29) is 35.7 Å². The minimum Gasteiger partial charge on any atom is -0.441 e. The van der Waals surface area contributed by atoms with Gasteiger partial charge in [-0.1, -0.05) is 0 Å². The Bertz CT molecular complexity index is 842. The van der Waals surface area contributed by atoms with Crippen LogP contribution in [0.4, 0.5) is 8.78 Å². The lowest BCUT2D eigenvalue weighted by molar-refractivity contribution is -0.134. The van der Waals surface area contributed by atoms with Crippen LogP contribution in [-0.4, -0.2) is 35.4 Å². The van der Waals surface area contributed by atoms with E-state index < -0.39 is 11.6 Å². The number of carbonyl (C=O) groups excluding carboxylic acids is 1. The number of amides is 1. The number of carbonyl (C=O) groups is 1. The Balaban J connectivity index is 0.00000168. The van der Waals surface area contributed by atoms with Gasteiger partial charge in [0.05, 0.1) is 6.54 Å². The third kappa shape index (κ3) is 2.79. The molecule has 3 aliphatic rings. The molecule has 26 heavy (non-hydrogen) atoms. The van der Waals surface area contributed by atoms with Crippen LogP contribution in [0.15, 0.2) is 22.6 Å².